The number of unbranched alkanes of at least 4 members (excludes halogenated alkanes) is 1. The van der Waals surface area contributed by atoms with Crippen LogP contribution >= 0.6 is 11.3 Å². The van der Waals surface area contributed by atoms with E-state index in [4.69, 9.17) is 0 Å². The third-order valence-corrected chi connectivity index (χ3v) is 6.41. The molecule has 7 heteroatoms. The summed E-state index contributed by atoms with van der Waals surface area (Å²) < 4.78 is 3.04. The van der Waals surface area contributed by atoms with Crippen molar-refractivity contribution in [1.82, 2.24) is 4.57 Å². The van der Waals surface area contributed by atoms with Gasteiger partial charge < -0.3 is 4.57 Å². The zero-order chi connectivity index (χ0) is 21.3. The number of aromatic nitrogens is 1. The van der Waals surface area contributed by atoms with Gasteiger partial charge in [0.1, 0.15) is 0 Å². The highest BCUT2D eigenvalue weighted by Gasteiger charge is 2.30. The first kappa shape index (κ1) is 20.2. The number of amides is 3. The summed E-state index contributed by atoms with van der Waals surface area (Å²) in [5, 5.41) is 0. The Balaban J connectivity index is 1.60. The summed E-state index contributed by atoms with van der Waals surface area (Å²) in [5.74, 6) is -0.771. The van der Waals surface area contributed by atoms with E-state index in [0.29, 0.717) is 16.1 Å². The van der Waals surface area contributed by atoms with Gasteiger partial charge in [0.15, 0.2) is 4.80 Å². The molecular weight excluding hydrogens is 398 g/mol. The summed E-state index contributed by atoms with van der Waals surface area (Å²) in [4.78, 5) is 42.5. The standard InChI is InChI=1S/C23H23N3O3S/c1-3-4-5-15-6-11-18-19(14-15)30-23(25(18)2)24-22(29)16-7-9-17(10-8-16)26-20(27)12-13-21(26)28/h6-11,14H,3-5,12-13H2,1-2H3. The molecule has 0 N–H and O–H groups in total. The summed E-state index contributed by atoms with van der Waals surface area (Å²) in [6.45, 7) is 2.18. The molecule has 0 aliphatic carbocycles. The largest absolute Gasteiger partial charge is 0.319 e. The molecule has 3 aromatic rings. The van der Waals surface area contributed by atoms with Crippen molar-refractivity contribution in [3.05, 3.63) is 58.4 Å². The smallest absolute Gasteiger partial charge is 0.279 e. The van der Waals surface area contributed by atoms with Crippen LogP contribution in [0, 0.1) is 0 Å². The summed E-state index contributed by atoms with van der Waals surface area (Å²) in [6.07, 6.45) is 3.83. The third kappa shape index (κ3) is 3.85. The monoisotopic (exact) mass is 421 g/mol. The highest BCUT2D eigenvalue weighted by molar-refractivity contribution is 7.16. The Morgan fingerprint density at radius 2 is 1.77 bits per heavy atom. The predicted molar refractivity (Wildman–Crippen MR) is 117 cm³/mol. The third-order valence-electron chi connectivity index (χ3n) is 5.31. The molecule has 30 heavy (non-hydrogen) atoms. The molecule has 0 unspecified atom stereocenters. The number of rotatable bonds is 5. The van der Waals surface area contributed by atoms with Gasteiger partial charge in [0, 0.05) is 25.5 Å². The lowest BCUT2D eigenvalue weighted by Gasteiger charge is -2.13. The van der Waals surface area contributed by atoms with Gasteiger partial charge in [0.05, 0.1) is 15.9 Å². The van der Waals surface area contributed by atoms with Crippen LogP contribution in [0.1, 0.15) is 48.5 Å². The zero-order valence-corrected chi connectivity index (χ0v) is 17.9. The number of aryl methyl sites for hydroxylation is 2. The number of anilines is 1. The maximum Gasteiger partial charge on any atom is 0.279 e. The molecule has 2 aromatic carbocycles. The molecule has 1 aliphatic rings. The molecule has 2 heterocycles. The Kier molecular flexibility index (Phi) is 5.63. The molecule has 154 valence electrons. The molecule has 0 spiro atoms. The minimum absolute atomic E-state index is 0.209. The lowest BCUT2D eigenvalue weighted by Crippen LogP contribution is -2.28. The lowest BCUT2D eigenvalue weighted by atomic mass is 10.1. The van der Waals surface area contributed by atoms with E-state index < -0.39 is 0 Å². The van der Waals surface area contributed by atoms with Crippen molar-refractivity contribution in [2.75, 3.05) is 4.90 Å². The molecule has 0 atom stereocenters. The first-order valence-electron chi connectivity index (χ1n) is 10.1. The number of carbonyl (C=O) groups excluding carboxylic acids is 3. The molecule has 6 nitrogen and oxygen atoms in total. The van der Waals surface area contributed by atoms with E-state index >= 15 is 0 Å². The Bertz CT molecular complexity index is 1190. The van der Waals surface area contributed by atoms with Crippen LogP contribution in [0.25, 0.3) is 10.2 Å². The van der Waals surface area contributed by atoms with Gasteiger partial charge in [-0.2, -0.15) is 4.99 Å². The molecule has 1 fully saturated rings. The first-order chi connectivity index (χ1) is 14.5. The fourth-order valence-corrected chi connectivity index (χ4v) is 4.67. The SMILES string of the molecule is CCCCc1ccc2c(c1)sc(=NC(=O)c1ccc(N3C(=O)CCC3=O)cc1)n2C. The maximum absolute atomic E-state index is 12.7. The van der Waals surface area contributed by atoms with Crippen molar-refractivity contribution in [2.45, 2.75) is 39.0 Å². The number of benzene rings is 2. The quantitative estimate of drug-likeness (QED) is 0.585. The van der Waals surface area contributed by atoms with E-state index in [1.807, 2.05) is 11.6 Å². The number of imide groups is 1. The summed E-state index contributed by atoms with van der Waals surface area (Å²) in [7, 11) is 1.91. The van der Waals surface area contributed by atoms with Crippen LogP contribution in [-0.4, -0.2) is 22.3 Å². The number of hydrogen-bond donors (Lipinski definition) is 0. The summed E-state index contributed by atoms with van der Waals surface area (Å²) in [6, 6.07) is 12.9. The minimum Gasteiger partial charge on any atom is -0.319 e. The van der Waals surface area contributed by atoms with Gasteiger partial charge in [-0.3, -0.25) is 19.3 Å². The number of hydrogen-bond acceptors (Lipinski definition) is 4. The second kappa shape index (κ2) is 8.36. The fraction of sp³-hybridized carbons (Fsp3) is 0.304. The molecule has 0 radical (unpaired) electrons. The predicted octanol–water partition coefficient (Wildman–Crippen LogP) is 3.98. The fourth-order valence-electron chi connectivity index (χ4n) is 3.59. The van der Waals surface area contributed by atoms with Gasteiger partial charge in [0.25, 0.3) is 5.91 Å². The Morgan fingerprint density at radius 1 is 1.07 bits per heavy atom. The van der Waals surface area contributed by atoms with E-state index in [-0.39, 0.29) is 30.6 Å². The van der Waals surface area contributed by atoms with E-state index in [1.165, 1.54) is 21.8 Å². The van der Waals surface area contributed by atoms with Gasteiger partial charge in [-0.1, -0.05) is 30.7 Å². The van der Waals surface area contributed by atoms with E-state index in [2.05, 4.69) is 30.1 Å². The molecule has 3 amide bonds. The van der Waals surface area contributed by atoms with Crippen LogP contribution in [0.4, 0.5) is 5.69 Å². The molecule has 1 aromatic heterocycles. The van der Waals surface area contributed by atoms with Gasteiger partial charge in [-0.05, 0) is 54.8 Å². The van der Waals surface area contributed by atoms with Crippen molar-refractivity contribution in [3.63, 3.8) is 0 Å². The summed E-state index contributed by atoms with van der Waals surface area (Å²) in [5.41, 5.74) is 3.25. The highest BCUT2D eigenvalue weighted by Crippen LogP contribution is 2.23. The lowest BCUT2D eigenvalue weighted by molar-refractivity contribution is -0.121. The number of carbonyl (C=O) groups is 3. The van der Waals surface area contributed by atoms with Crippen molar-refractivity contribution in [1.29, 1.82) is 0 Å². The molecule has 0 bridgehead atoms. The maximum atomic E-state index is 12.7. The average molecular weight is 422 g/mol. The van der Waals surface area contributed by atoms with Gasteiger partial charge in [0.2, 0.25) is 11.8 Å². The van der Waals surface area contributed by atoms with Crippen LogP contribution in [0.5, 0.6) is 0 Å². The first-order valence-corrected chi connectivity index (χ1v) is 10.9. The Morgan fingerprint density at radius 3 is 2.43 bits per heavy atom. The minimum atomic E-state index is -0.353. The number of nitrogens with zero attached hydrogens (tertiary/aromatic N) is 3. The second-order valence-electron chi connectivity index (χ2n) is 7.44. The topological polar surface area (TPSA) is 71.7 Å². The highest BCUT2D eigenvalue weighted by atomic mass is 32.1. The van der Waals surface area contributed by atoms with Crippen molar-refractivity contribution in [2.24, 2.45) is 12.0 Å². The Labute approximate surface area is 178 Å². The van der Waals surface area contributed by atoms with Crippen molar-refractivity contribution in [3.8, 4) is 0 Å². The number of thiazole rings is 1. The molecule has 4 rings (SSSR count). The number of fused-ring (bicyclic) bond motifs is 1. The summed E-state index contributed by atoms with van der Waals surface area (Å²) >= 11 is 1.50. The van der Waals surface area contributed by atoms with Gasteiger partial charge >= 0.3 is 0 Å². The van der Waals surface area contributed by atoms with Crippen LogP contribution in [0.15, 0.2) is 47.5 Å². The van der Waals surface area contributed by atoms with Crippen LogP contribution in [0.2, 0.25) is 0 Å². The Hall–Kier alpha value is -3.06. The molecule has 1 saturated heterocycles. The van der Waals surface area contributed by atoms with Crippen molar-refractivity contribution >= 4 is 45.0 Å². The van der Waals surface area contributed by atoms with Crippen LogP contribution < -0.4 is 9.70 Å². The molecule has 0 saturated carbocycles. The van der Waals surface area contributed by atoms with Crippen molar-refractivity contribution < 1.29 is 14.4 Å². The zero-order valence-electron chi connectivity index (χ0n) is 17.1. The van der Waals surface area contributed by atoms with E-state index in [1.54, 1.807) is 24.3 Å². The van der Waals surface area contributed by atoms with Crippen LogP contribution in [0.3, 0.4) is 0 Å². The second-order valence-corrected chi connectivity index (χ2v) is 8.45. The molecule has 1 aliphatic heterocycles. The van der Waals surface area contributed by atoms with Crippen LogP contribution in [-0.2, 0) is 23.1 Å². The normalized spacial score (nSPS) is 14.9. The van der Waals surface area contributed by atoms with Gasteiger partial charge in [-0.25, -0.2) is 0 Å². The van der Waals surface area contributed by atoms with Gasteiger partial charge in [-0.15, -0.1) is 0 Å². The average Bonchev–Trinajstić information content (AvgIpc) is 3.24. The molecular formula is C23H23N3O3S. The van der Waals surface area contributed by atoms with E-state index in [9.17, 15) is 14.4 Å². The van der Waals surface area contributed by atoms with E-state index in [0.717, 1.165) is 29.5 Å².